The lowest BCUT2D eigenvalue weighted by molar-refractivity contribution is 0.979. The Labute approximate surface area is 115 Å². The van der Waals surface area contributed by atoms with Gasteiger partial charge in [-0.15, -0.1) is 35.0 Å². The number of hydrogen-bond donors (Lipinski definition) is 0. The Kier molecular flexibility index (Phi) is 2.97. The van der Waals surface area contributed by atoms with Gasteiger partial charge in [0.25, 0.3) is 0 Å². The minimum absolute atomic E-state index is 0.412. The highest BCUT2D eigenvalue weighted by Crippen LogP contribution is 2.55. The lowest BCUT2D eigenvalue weighted by Gasteiger charge is -2.05. The van der Waals surface area contributed by atoms with Crippen LogP contribution in [0.15, 0.2) is 41.4 Å². The Morgan fingerprint density at radius 3 is 2.82 bits per heavy atom. The maximum Gasteiger partial charge on any atom is 0.122 e. The molecule has 1 aromatic carbocycles. The summed E-state index contributed by atoms with van der Waals surface area (Å²) in [6, 6.07) is 10.3. The lowest BCUT2D eigenvalue weighted by Crippen LogP contribution is -1.93. The van der Waals surface area contributed by atoms with Crippen LogP contribution >= 0.6 is 35.0 Å². The Morgan fingerprint density at radius 1 is 1.29 bits per heavy atom. The molecule has 1 saturated carbocycles. The topological polar surface area (TPSA) is 12.9 Å². The van der Waals surface area contributed by atoms with Crippen LogP contribution in [-0.4, -0.2) is 15.1 Å². The van der Waals surface area contributed by atoms with Gasteiger partial charge in [-0.25, -0.2) is 0 Å². The molecule has 2 aromatic rings. The van der Waals surface area contributed by atoms with E-state index >= 15 is 0 Å². The summed E-state index contributed by atoms with van der Waals surface area (Å²) in [5.41, 5.74) is 1.07. The van der Waals surface area contributed by atoms with Crippen molar-refractivity contribution in [3.8, 4) is 0 Å². The number of halogens is 2. The van der Waals surface area contributed by atoms with Gasteiger partial charge in [-0.1, -0.05) is 18.2 Å². The lowest BCUT2D eigenvalue weighted by atomic mass is 10.2. The summed E-state index contributed by atoms with van der Waals surface area (Å²) in [5, 5.41) is 1.18. The summed E-state index contributed by atoms with van der Waals surface area (Å²) in [7, 11) is 0. The van der Waals surface area contributed by atoms with Gasteiger partial charge in [0.15, 0.2) is 0 Å². The first-order chi connectivity index (χ1) is 8.17. The molecule has 3 rings (SSSR count). The van der Waals surface area contributed by atoms with Gasteiger partial charge in [0.05, 0.1) is 5.52 Å². The van der Waals surface area contributed by atoms with Crippen molar-refractivity contribution >= 4 is 45.9 Å². The average Bonchev–Trinajstić information content (AvgIpc) is 2.94. The van der Waals surface area contributed by atoms with Gasteiger partial charge in [-0.05, 0) is 18.6 Å². The fourth-order valence-electron chi connectivity index (χ4n) is 1.83. The van der Waals surface area contributed by atoms with Crippen molar-refractivity contribution in [3.05, 3.63) is 36.5 Å². The van der Waals surface area contributed by atoms with E-state index in [1.807, 2.05) is 12.3 Å². The fraction of sp³-hybridized carbons (Fsp3) is 0.308. The van der Waals surface area contributed by atoms with Crippen molar-refractivity contribution < 1.29 is 0 Å². The summed E-state index contributed by atoms with van der Waals surface area (Å²) in [6.07, 6.45) is 2.73. The number of thioether (sulfide) groups is 1. The maximum absolute atomic E-state index is 6.03. The van der Waals surface area contributed by atoms with Crippen molar-refractivity contribution in [3.63, 3.8) is 0 Å². The van der Waals surface area contributed by atoms with Crippen LogP contribution in [0, 0.1) is 5.92 Å². The molecular formula is C13H11Cl2NS. The Hall–Kier alpha value is -0.440. The van der Waals surface area contributed by atoms with E-state index < -0.39 is 4.33 Å². The van der Waals surface area contributed by atoms with Crippen LogP contribution in [-0.2, 0) is 0 Å². The number of fused-ring (bicyclic) bond motifs is 1. The monoisotopic (exact) mass is 283 g/mol. The number of nitrogens with zero attached hydrogens (tertiary/aromatic N) is 1. The fourth-order valence-corrected chi connectivity index (χ4v) is 3.81. The zero-order valence-corrected chi connectivity index (χ0v) is 11.4. The number of rotatable bonds is 3. The van der Waals surface area contributed by atoms with Crippen molar-refractivity contribution in [2.45, 2.75) is 15.6 Å². The zero-order chi connectivity index (χ0) is 11.9. The summed E-state index contributed by atoms with van der Waals surface area (Å²) in [4.78, 5) is 5.64. The first-order valence-corrected chi connectivity index (χ1v) is 7.25. The molecule has 0 saturated heterocycles. The Balaban J connectivity index is 1.81. The molecule has 1 aliphatic carbocycles. The molecule has 0 N–H and O–H groups in total. The van der Waals surface area contributed by atoms with Crippen LogP contribution in [0.25, 0.3) is 10.9 Å². The summed E-state index contributed by atoms with van der Waals surface area (Å²) >= 11 is 13.8. The summed E-state index contributed by atoms with van der Waals surface area (Å²) in [6.45, 7) is 0. The number of benzene rings is 1. The first kappa shape index (κ1) is 11.6. The predicted molar refractivity (Wildman–Crippen MR) is 75.0 cm³/mol. The number of aromatic nitrogens is 1. The molecular weight excluding hydrogens is 273 g/mol. The van der Waals surface area contributed by atoms with E-state index in [0.29, 0.717) is 5.92 Å². The highest BCUT2D eigenvalue weighted by molar-refractivity contribution is 7.99. The summed E-state index contributed by atoms with van der Waals surface area (Å²) in [5.74, 6) is 1.37. The van der Waals surface area contributed by atoms with Gasteiger partial charge in [0.2, 0.25) is 0 Å². The van der Waals surface area contributed by atoms with Crippen molar-refractivity contribution in [2.75, 3.05) is 5.75 Å². The second-order valence-corrected chi connectivity index (χ2v) is 6.91. The zero-order valence-electron chi connectivity index (χ0n) is 9.07. The largest absolute Gasteiger partial charge is 0.255 e. The number of para-hydroxylation sites is 1. The van der Waals surface area contributed by atoms with E-state index in [1.54, 1.807) is 11.8 Å². The van der Waals surface area contributed by atoms with Crippen LogP contribution in [0.2, 0.25) is 0 Å². The molecule has 0 spiro atoms. The predicted octanol–water partition coefficient (Wildman–Crippen LogP) is 4.52. The second-order valence-electron chi connectivity index (χ2n) is 4.30. The Bertz CT molecular complexity index is 551. The number of hydrogen-bond acceptors (Lipinski definition) is 2. The first-order valence-electron chi connectivity index (χ1n) is 5.51. The van der Waals surface area contributed by atoms with Crippen LogP contribution in [0.5, 0.6) is 0 Å². The highest BCUT2D eigenvalue weighted by atomic mass is 35.5. The molecule has 0 radical (unpaired) electrons. The standard InChI is InChI=1S/C13H11Cl2NS/c14-13(15)7-10(13)8-17-11-5-1-3-9-4-2-6-16-12(9)11/h1-6,10H,7-8H2. The van der Waals surface area contributed by atoms with Crippen molar-refractivity contribution in [1.29, 1.82) is 0 Å². The van der Waals surface area contributed by atoms with E-state index in [2.05, 4.69) is 29.2 Å². The minimum atomic E-state index is -0.481. The molecule has 1 fully saturated rings. The Morgan fingerprint density at radius 2 is 2.06 bits per heavy atom. The van der Waals surface area contributed by atoms with Gasteiger partial charge >= 0.3 is 0 Å². The van der Waals surface area contributed by atoms with Crippen LogP contribution < -0.4 is 0 Å². The van der Waals surface area contributed by atoms with E-state index in [0.717, 1.165) is 17.7 Å². The molecule has 0 aliphatic heterocycles. The van der Waals surface area contributed by atoms with Gasteiger partial charge in [-0.3, -0.25) is 4.98 Å². The number of pyridine rings is 1. The minimum Gasteiger partial charge on any atom is -0.255 e. The van der Waals surface area contributed by atoms with E-state index in [1.165, 1.54) is 10.3 Å². The third-order valence-electron chi connectivity index (χ3n) is 2.99. The normalized spacial score (nSPS) is 21.6. The molecule has 1 atom stereocenters. The molecule has 88 valence electrons. The van der Waals surface area contributed by atoms with E-state index in [9.17, 15) is 0 Å². The second kappa shape index (κ2) is 4.34. The molecule has 1 unspecified atom stereocenters. The van der Waals surface area contributed by atoms with Gasteiger partial charge in [0, 0.05) is 28.1 Å². The molecule has 0 amide bonds. The third kappa shape index (κ3) is 2.40. The number of alkyl halides is 2. The summed E-state index contributed by atoms with van der Waals surface area (Å²) < 4.78 is -0.481. The molecule has 1 aromatic heterocycles. The van der Waals surface area contributed by atoms with Crippen molar-refractivity contribution in [2.24, 2.45) is 5.92 Å². The van der Waals surface area contributed by atoms with Gasteiger partial charge in [-0.2, -0.15) is 0 Å². The van der Waals surface area contributed by atoms with E-state index in [4.69, 9.17) is 23.2 Å². The molecule has 0 bridgehead atoms. The van der Waals surface area contributed by atoms with Gasteiger partial charge in [0.1, 0.15) is 4.33 Å². The van der Waals surface area contributed by atoms with Gasteiger partial charge < -0.3 is 0 Å². The highest BCUT2D eigenvalue weighted by Gasteiger charge is 2.51. The van der Waals surface area contributed by atoms with Crippen LogP contribution in [0.4, 0.5) is 0 Å². The molecule has 1 heterocycles. The van der Waals surface area contributed by atoms with Crippen LogP contribution in [0.3, 0.4) is 0 Å². The molecule has 1 nitrogen and oxygen atoms in total. The SMILES string of the molecule is ClC1(Cl)CC1CSc1cccc2cccnc12. The maximum atomic E-state index is 6.03. The smallest absolute Gasteiger partial charge is 0.122 e. The van der Waals surface area contributed by atoms with Crippen molar-refractivity contribution in [1.82, 2.24) is 4.98 Å². The third-order valence-corrected chi connectivity index (χ3v) is 5.13. The van der Waals surface area contributed by atoms with E-state index in [-0.39, 0.29) is 0 Å². The molecule has 4 heteroatoms. The van der Waals surface area contributed by atoms with Crippen LogP contribution in [0.1, 0.15) is 6.42 Å². The molecule has 1 aliphatic rings. The average molecular weight is 284 g/mol. The molecule has 17 heavy (non-hydrogen) atoms. The quantitative estimate of drug-likeness (QED) is 0.607.